The van der Waals surface area contributed by atoms with Crippen LogP contribution in [0.4, 0.5) is 0 Å². The van der Waals surface area contributed by atoms with Crippen LogP contribution in [0.1, 0.15) is 57.2 Å². The number of ether oxygens (including phenoxy) is 1. The highest BCUT2D eigenvalue weighted by Gasteiger charge is 2.34. The Kier molecular flexibility index (Phi) is 10.7. The molecule has 198 valence electrons. The normalized spacial score (nSPS) is 14.6. The van der Waals surface area contributed by atoms with Gasteiger partial charge in [-0.1, -0.05) is 49.1 Å². The second-order valence-corrected chi connectivity index (χ2v) is 10.9. The number of nitrogens with zero attached hydrogens (tertiary/aromatic N) is 3. The molecule has 2 amide bonds. The number of hydrogen-bond acceptors (Lipinski definition) is 3. The van der Waals surface area contributed by atoms with Gasteiger partial charge in [-0.25, -0.2) is 0 Å². The van der Waals surface area contributed by atoms with Gasteiger partial charge >= 0.3 is 0 Å². The Hall–Kier alpha value is -2.02. The molecule has 6 nitrogen and oxygen atoms in total. The second kappa shape index (κ2) is 13.5. The summed E-state index contributed by atoms with van der Waals surface area (Å²) in [5.41, 5.74) is 1.33. The van der Waals surface area contributed by atoms with Crippen LogP contribution in [0.2, 0.25) is 5.02 Å². The number of alkyl halides is 1. The summed E-state index contributed by atoms with van der Waals surface area (Å²) in [7, 11) is 1.60. The quantitative estimate of drug-likeness (QED) is 0.333. The van der Waals surface area contributed by atoms with E-state index >= 15 is 0 Å². The summed E-state index contributed by atoms with van der Waals surface area (Å²) in [6, 6.07) is 12.1. The predicted octanol–water partition coefficient (Wildman–Crippen LogP) is 5.59. The Balaban J connectivity index is 1.82. The van der Waals surface area contributed by atoms with Crippen molar-refractivity contribution >= 4 is 35.0 Å². The molecule has 1 aliphatic rings. The predicted molar refractivity (Wildman–Crippen MR) is 145 cm³/mol. The minimum absolute atomic E-state index is 0.0181. The van der Waals surface area contributed by atoms with Crippen LogP contribution < -0.4 is 0 Å². The number of carbonyl (C=O) groups excluding carboxylic acids is 2. The molecule has 0 saturated heterocycles. The van der Waals surface area contributed by atoms with Crippen LogP contribution in [0.5, 0.6) is 0 Å². The van der Waals surface area contributed by atoms with Gasteiger partial charge in [0.15, 0.2) is 0 Å². The SMILES string of the molecule is COCCN(CC(=O)N(Cc1cccn1Cc1ccccc1Cl)C1CCCCC1)C(=O)C(C)(C)CCl. The van der Waals surface area contributed by atoms with E-state index in [2.05, 4.69) is 10.6 Å². The molecule has 1 saturated carbocycles. The van der Waals surface area contributed by atoms with Crippen LogP contribution in [-0.4, -0.2) is 64.9 Å². The molecular formula is C28H39Cl2N3O3. The fraction of sp³-hybridized carbons (Fsp3) is 0.571. The first-order valence-corrected chi connectivity index (χ1v) is 13.7. The van der Waals surface area contributed by atoms with Crippen molar-refractivity contribution in [1.29, 1.82) is 0 Å². The summed E-state index contributed by atoms with van der Waals surface area (Å²) >= 11 is 12.5. The Labute approximate surface area is 225 Å². The van der Waals surface area contributed by atoms with E-state index < -0.39 is 5.41 Å². The van der Waals surface area contributed by atoms with Crippen LogP contribution in [0.3, 0.4) is 0 Å². The number of aromatic nitrogens is 1. The minimum Gasteiger partial charge on any atom is -0.383 e. The number of methoxy groups -OCH3 is 1. The first-order valence-electron chi connectivity index (χ1n) is 12.8. The molecule has 36 heavy (non-hydrogen) atoms. The molecular weight excluding hydrogens is 497 g/mol. The van der Waals surface area contributed by atoms with Crippen molar-refractivity contribution in [2.24, 2.45) is 5.41 Å². The van der Waals surface area contributed by atoms with Gasteiger partial charge in [-0.05, 0) is 50.5 Å². The lowest BCUT2D eigenvalue weighted by Gasteiger charge is -2.37. The minimum atomic E-state index is -0.755. The molecule has 0 spiro atoms. The molecule has 0 N–H and O–H groups in total. The molecule has 0 unspecified atom stereocenters. The largest absolute Gasteiger partial charge is 0.383 e. The Bertz CT molecular complexity index is 1000. The van der Waals surface area contributed by atoms with Crippen molar-refractivity contribution < 1.29 is 14.3 Å². The molecule has 0 bridgehead atoms. The standard InChI is InChI=1S/C28H39Cl2N3O3/c1-28(2,21-29)27(35)32(16-17-36-3)20-26(34)33(23-11-5-4-6-12-23)19-24-13-9-15-31(24)18-22-10-7-8-14-25(22)30/h7-10,13-15,23H,4-6,11-12,16-21H2,1-3H3. The highest BCUT2D eigenvalue weighted by atomic mass is 35.5. The molecule has 1 aliphatic carbocycles. The van der Waals surface area contributed by atoms with Crippen molar-refractivity contribution in [1.82, 2.24) is 14.4 Å². The highest BCUT2D eigenvalue weighted by molar-refractivity contribution is 6.31. The van der Waals surface area contributed by atoms with Crippen molar-refractivity contribution in [3.8, 4) is 0 Å². The summed E-state index contributed by atoms with van der Waals surface area (Å²) in [5.74, 6) is 0.0154. The smallest absolute Gasteiger partial charge is 0.242 e. The van der Waals surface area contributed by atoms with Gasteiger partial charge in [0.2, 0.25) is 11.8 Å². The van der Waals surface area contributed by atoms with Crippen molar-refractivity contribution in [2.45, 2.75) is 65.1 Å². The van der Waals surface area contributed by atoms with E-state index in [0.717, 1.165) is 42.0 Å². The lowest BCUT2D eigenvalue weighted by molar-refractivity contribution is -0.147. The van der Waals surface area contributed by atoms with Gasteiger partial charge < -0.3 is 19.1 Å². The Morgan fingerprint density at radius 1 is 1.11 bits per heavy atom. The van der Waals surface area contributed by atoms with Crippen molar-refractivity contribution in [3.05, 3.63) is 58.9 Å². The molecule has 1 aromatic heterocycles. The average Bonchev–Trinajstić information content (AvgIpc) is 3.32. The van der Waals surface area contributed by atoms with E-state index in [4.69, 9.17) is 27.9 Å². The summed E-state index contributed by atoms with van der Waals surface area (Å²) in [4.78, 5) is 30.6. The maximum Gasteiger partial charge on any atom is 0.242 e. The maximum absolute atomic E-state index is 13.8. The molecule has 1 fully saturated rings. The number of rotatable bonds is 12. The zero-order chi connectivity index (χ0) is 26.1. The lowest BCUT2D eigenvalue weighted by Crippen LogP contribution is -2.51. The maximum atomic E-state index is 13.8. The molecule has 3 rings (SSSR count). The summed E-state index contributed by atoms with van der Waals surface area (Å²) in [5, 5.41) is 0.728. The number of amides is 2. The monoisotopic (exact) mass is 535 g/mol. The van der Waals surface area contributed by atoms with Gasteiger partial charge in [-0.2, -0.15) is 0 Å². The highest BCUT2D eigenvalue weighted by Crippen LogP contribution is 2.26. The number of benzene rings is 1. The van der Waals surface area contributed by atoms with Crippen molar-refractivity contribution in [2.75, 3.05) is 32.7 Å². The van der Waals surface area contributed by atoms with Crippen LogP contribution >= 0.6 is 23.2 Å². The van der Waals surface area contributed by atoms with Gasteiger partial charge in [0.1, 0.15) is 0 Å². The van der Waals surface area contributed by atoms with E-state index in [1.165, 1.54) is 6.42 Å². The first kappa shape index (κ1) is 28.5. The summed E-state index contributed by atoms with van der Waals surface area (Å²) in [6.45, 7) is 5.48. The number of hydrogen-bond donors (Lipinski definition) is 0. The molecule has 0 aliphatic heterocycles. The van der Waals surface area contributed by atoms with E-state index in [1.807, 2.05) is 55.3 Å². The van der Waals surface area contributed by atoms with Gasteiger partial charge in [0.25, 0.3) is 0 Å². The molecule has 8 heteroatoms. The van der Waals surface area contributed by atoms with Crippen LogP contribution in [0, 0.1) is 5.41 Å². The lowest BCUT2D eigenvalue weighted by atomic mass is 9.93. The third-order valence-corrected chi connectivity index (χ3v) is 8.02. The Morgan fingerprint density at radius 3 is 2.50 bits per heavy atom. The zero-order valence-electron chi connectivity index (χ0n) is 21.7. The van der Waals surface area contributed by atoms with Gasteiger partial charge in [-0.15, -0.1) is 11.6 Å². The summed E-state index contributed by atoms with van der Waals surface area (Å²) in [6.07, 6.45) is 7.41. The molecule has 0 atom stereocenters. The molecule has 2 aromatic rings. The van der Waals surface area contributed by atoms with E-state index in [1.54, 1.807) is 12.0 Å². The van der Waals surface area contributed by atoms with Gasteiger partial charge in [0.05, 0.1) is 25.1 Å². The average molecular weight is 537 g/mol. The summed E-state index contributed by atoms with van der Waals surface area (Å²) < 4.78 is 7.38. The van der Waals surface area contributed by atoms with Crippen LogP contribution in [-0.2, 0) is 27.4 Å². The third kappa shape index (κ3) is 7.50. The second-order valence-electron chi connectivity index (χ2n) is 10.3. The van der Waals surface area contributed by atoms with Crippen LogP contribution in [0.15, 0.2) is 42.6 Å². The fourth-order valence-corrected chi connectivity index (χ4v) is 5.05. The Morgan fingerprint density at radius 2 is 1.83 bits per heavy atom. The molecule has 1 heterocycles. The zero-order valence-corrected chi connectivity index (χ0v) is 23.2. The van der Waals surface area contributed by atoms with Crippen LogP contribution in [0.25, 0.3) is 0 Å². The van der Waals surface area contributed by atoms with Gasteiger partial charge in [-0.3, -0.25) is 9.59 Å². The van der Waals surface area contributed by atoms with Gasteiger partial charge in [0, 0.05) is 49.0 Å². The number of carbonyl (C=O) groups is 2. The first-order chi connectivity index (χ1) is 17.3. The van der Waals surface area contributed by atoms with E-state index in [9.17, 15) is 9.59 Å². The molecule has 1 aromatic carbocycles. The number of halogens is 2. The van der Waals surface area contributed by atoms with E-state index in [0.29, 0.717) is 26.2 Å². The van der Waals surface area contributed by atoms with Crippen molar-refractivity contribution in [3.63, 3.8) is 0 Å². The third-order valence-electron chi connectivity index (χ3n) is 6.98. The molecule has 0 radical (unpaired) electrons. The topological polar surface area (TPSA) is 54.8 Å². The fourth-order valence-electron chi connectivity index (χ4n) is 4.74. The van der Waals surface area contributed by atoms with E-state index in [-0.39, 0.29) is 30.3 Å².